The fourth-order valence-electron chi connectivity index (χ4n) is 2.42. The van der Waals surface area contributed by atoms with Crippen LogP contribution < -0.4 is 0 Å². The number of benzene rings is 1. The average Bonchev–Trinajstić information content (AvgIpc) is 2.77. The van der Waals surface area contributed by atoms with Gasteiger partial charge in [0.1, 0.15) is 5.84 Å². The molecule has 1 aliphatic rings. The minimum absolute atomic E-state index is 0.131. The summed E-state index contributed by atoms with van der Waals surface area (Å²) in [5, 5.41) is 8.27. The van der Waals surface area contributed by atoms with Crippen LogP contribution in [0.3, 0.4) is 0 Å². The third-order valence-corrected chi connectivity index (χ3v) is 3.48. The Balaban J connectivity index is 1.91. The highest BCUT2D eigenvalue weighted by Crippen LogP contribution is 2.29. The molecule has 1 atom stereocenters. The van der Waals surface area contributed by atoms with Crippen molar-refractivity contribution in [1.29, 1.82) is 5.41 Å². The maximum Gasteiger partial charge on any atom is 0.129 e. The highest BCUT2D eigenvalue weighted by atomic mass is 15.2. The molecule has 1 N–H and O–H groups in total. The molecule has 0 radical (unpaired) electrons. The molecule has 0 amide bonds. The van der Waals surface area contributed by atoms with Gasteiger partial charge in [0.25, 0.3) is 0 Å². The van der Waals surface area contributed by atoms with Crippen LogP contribution in [0.15, 0.2) is 48.7 Å². The number of hydrogen-bond donors (Lipinski definition) is 1. The molecule has 0 saturated heterocycles. The van der Waals surface area contributed by atoms with E-state index in [1.165, 1.54) is 5.56 Å². The average molecular weight is 237 g/mol. The molecule has 1 unspecified atom stereocenters. The van der Waals surface area contributed by atoms with Crippen LogP contribution in [0.25, 0.3) is 0 Å². The maximum absolute atomic E-state index is 8.27. The summed E-state index contributed by atoms with van der Waals surface area (Å²) in [6.07, 6.45) is 1.80. The molecule has 0 spiro atoms. The Hall–Kier alpha value is -2.16. The smallest absolute Gasteiger partial charge is 0.129 e. The Morgan fingerprint density at radius 3 is 2.67 bits per heavy atom. The molecule has 0 saturated carbocycles. The molecule has 0 bridgehead atoms. The van der Waals surface area contributed by atoms with E-state index in [-0.39, 0.29) is 6.04 Å². The van der Waals surface area contributed by atoms with Crippen molar-refractivity contribution in [1.82, 2.24) is 9.88 Å². The summed E-state index contributed by atoms with van der Waals surface area (Å²) >= 11 is 0. The summed E-state index contributed by atoms with van der Waals surface area (Å²) in [5.74, 6) is 0.601. The Kier molecular flexibility index (Phi) is 2.59. The summed E-state index contributed by atoms with van der Waals surface area (Å²) in [7, 11) is 0. The number of hydrogen-bond acceptors (Lipinski definition) is 2. The van der Waals surface area contributed by atoms with Gasteiger partial charge >= 0.3 is 0 Å². The van der Waals surface area contributed by atoms with Gasteiger partial charge in [0.2, 0.25) is 0 Å². The second kappa shape index (κ2) is 4.26. The number of pyridine rings is 1. The number of aromatic nitrogens is 1. The summed E-state index contributed by atoms with van der Waals surface area (Å²) in [4.78, 5) is 6.47. The molecule has 3 heteroatoms. The number of nitrogens with zero attached hydrogens (tertiary/aromatic N) is 2. The van der Waals surface area contributed by atoms with Crippen LogP contribution >= 0.6 is 0 Å². The van der Waals surface area contributed by atoms with Gasteiger partial charge in [0.15, 0.2) is 0 Å². The van der Waals surface area contributed by atoms with E-state index in [4.69, 9.17) is 5.41 Å². The number of rotatable bonds is 2. The topological polar surface area (TPSA) is 40.0 Å². The quantitative estimate of drug-likeness (QED) is 0.872. The summed E-state index contributed by atoms with van der Waals surface area (Å²) in [6, 6.07) is 14.2. The van der Waals surface area contributed by atoms with Gasteiger partial charge in [-0.2, -0.15) is 0 Å². The fourth-order valence-corrected chi connectivity index (χ4v) is 2.42. The molecule has 2 heterocycles. The van der Waals surface area contributed by atoms with Gasteiger partial charge in [0.05, 0.1) is 11.7 Å². The standard InChI is InChI=1S/C15H15N3/c1-11(14-8-4-5-9-17-14)18-10-12-6-2-3-7-13(12)15(18)16/h2-9,11,16H,10H2,1H3. The van der Waals surface area contributed by atoms with Crippen LogP contribution in [0.2, 0.25) is 0 Å². The Bertz CT molecular complexity index is 577. The lowest BCUT2D eigenvalue weighted by Gasteiger charge is -2.25. The lowest BCUT2D eigenvalue weighted by Crippen LogP contribution is -2.27. The van der Waals surface area contributed by atoms with E-state index in [1.54, 1.807) is 6.20 Å². The molecule has 3 nitrogen and oxygen atoms in total. The third kappa shape index (κ3) is 1.68. The SMILES string of the molecule is CC(c1ccccn1)N1Cc2ccccc2C1=N. The highest BCUT2D eigenvalue weighted by Gasteiger charge is 2.28. The molecular weight excluding hydrogens is 222 g/mol. The molecule has 0 aliphatic carbocycles. The maximum atomic E-state index is 8.27. The highest BCUT2D eigenvalue weighted by molar-refractivity contribution is 6.00. The van der Waals surface area contributed by atoms with E-state index in [0.29, 0.717) is 5.84 Å². The van der Waals surface area contributed by atoms with Gasteiger partial charge < -0.3 is 4.90 Å². The lowest BCUT2D eigenvalue weighted by atomic mass is 10.1. The molecule has 0 fully saturated rings. The lowest BCUT2D eigenvalue weighted by molar-refractivity contribution is 0.335. The van der Waals surface area contributed by atoms with Gasteiger partial charge in [-0.1, -0.05) is 30.3 Å². The normalized spacial score (nSPS) is 15.6. The van der Waals surface area contributed by atoms with Crippen molar-refractivity contribution in [2.75, 3.05) is 0 Å². The number of fused-ring (bicyclic) bond motifs is 1. The van der Waals surface area contributed by atoms with Gasteiger partial charge in [-0.15, -0.1) is 0 Å². The van der Waals surface area contributed by atoms with Crippen molar-refractivity contribution in [3.8, 4) is 0 Å². The molecule has 2 aromatic rings. The van der Waals surface area contributed by atoms with Gasteiger partial charge in [-0.05, 0) is 24.6 Å². The zero-order chi connectivity index (χ0) is 12.5. The summed E-state index contributed by atoms with van der Waals surface area (Å²) in [6.45, 7) is 2.90. The van der Waals surface area contributed by atoms with Crippen molar-refractivity contribution in [3.63, 3.8) is 0 Å². The molecule has 1 aromatic heterocycles. The van der Waals surface area contributed by atoms with Crippen LogP contribution in [-0.4, -0.2) is 15.7 Å². The van der Waals surface area contributed by atoms with Crippen molar-refractivity contribution >= 4 is 5.84 Å². The van der Waals surface area contributed by atoms with Crippen LogP contribution in [0, 0.1) is 5.41 Å². The van der Waals surface area contributed by atoms with Crippen LogP contribution in [0.5, 0.6) is 0 Å². The Morgan fingerprint density at radius 2 is 1.94 bits per heavy atom. The zero-order valence-corrected chi connectivity index (χ0v) is 10.3. The van der Waals surface area contributed by atoms with E-state index in [9.17, 15) is 0 Å². The molecular formula is C15H15N3. The second-order valence-electron chi connectivity index (χ2n) is 4.56. The van der Waals surface area contributed by atoms with E-state index in [2.05, 4.69) is 22.9 Å². The Morgan fingerprint density at radius 1 is 1.17 bits per heavy atom. The van der Waals surface area contributed by atoms with Crippen molar-refractivity contribution in [2.45, 2.75) is 19.5 Å². The zero-order valence-electron chi connectivity index (χ0n) is 10.3. The molecule has 18 heavy (non-hydrogen) atoms. The molecule has 1 aliphatic heterocycles. The summed E-state index contributed by atoms with van der Waals surface area (Å²) in [5.41, 5.74) is 3.28. The predicted molar refractivity (Wildman–Crippen MR) is 71.5 cm³/mol. The molecule has 1 aromatic carbocycles. The first kappa shape index (κ1) is 11.0. The number of nitrogens with one attached hydrogen (secondary N) is 1. The molecule has 90 valence electrons. The van der Waals surface area contributed by atoms with Crippen LogP contribution in [-0.2, 0) is 6.54 Å². The first-order valence-corrected chi connectivity index (χ1v) is 6.12. The predicted octanol–water partition coefficient (Wildman–Crippen LogP) is 2.98. The van der Waals surface area contributed by atoms with Crippen molar-refractivity contribution < 1.29 is 0 Å². The second-order valence-corrected chi connectivity index (χ2v) is 4.56. The number of amidine groups is 1. The molecule has 3 rings (SSSR count). The fraction of sp³-hybridized carbons (Fsp3) is 0.200. The van der Waals surface area contributed by atoms with E-state index < -0.39 is 0 Å². The van der Waals surface area contributed by atoms with Gasteiger partial charge in [-0.3, -0.25) is 10.4 Å². The van der Waals surface area contributed by atoms with E-state index in [1.807, 2.05) is 36.4 Å². The van der Waals surface area contributed by atoms with Crippen LogP contribution in [0.4, 0.5) is 0 Å². The largest absolute Gasteiger partial charge is 0.344 e. The van der Waals surface area contributed by atoms with E-state index >= 15 is 0 Å². The van der Waals surface area contributed by atoms with E-state index in [0.717, 1.165) is 17.8 Å². The van der Waals surface area contributed by atoms with Gasteiger partial charge in [-0.25, -0.2) is 0 Å². The third-order valence-electron chi connectivity index (χ3n) is 3.48. The van der Waals surface area contributed by atoms with Crippen molar-refractivity contribution in [2.24, 2.45) is 0 Å². The first-order valence-electron chi connectivity index (χ1n) is 6.12. The van der Waals surface area contributed by atoms with Gasteiger partial charge in [0, 0.05) is 18.3 Å². The minimum atomic E-state index is 0.131. The Labute approximate surface area is 107 Å². The van der Waals surface area contributed by atoms with Crippen LogP contribution in [0.1, 0.15) is 29.8 Å². The first-order chi connectivity index (χ1) is 8.77. The monoisotopic (exact) mass is 237 g/mol. The van der Waals surface area contributed by atoms with Crippen molar-refractivity contribution in [3.05, 3.63) is 65.5 Å². The summed E-state index contributed by atoms with van der Waals surface area (Å²) < 4.78 is 0. The minimum Gasteiger partial charge on any atom is -0.344 e.